The fourth-order valence-electron chi connectivity index (χ4n) is 2.53. The molecule has 0 atom stereocenters. The Hall–Kier alpha value is -3.48. The Morgan fingerprint density at radius 2 is 1.72 bits per heavy atom. The fraction of sp³-hybridized carbons (Fsp3) is 0.111. The number of amides is 1. The molecule has 0 saturated heterocycles. The van der Waals surface area contributed by atoms with Crippen molar-refractivity contribution in [2.24, 2.45) is 0 Å². The predicted octanol–water partition coefficient (Wildman–Crippen LogP) is 1.65. The minimum Gasteiger partial charge on any atom is -0.480 e. The molecule has 126 valence electrons. The summed E-state index contributed by atoms with van der Waals surface area (Å²) in [6.45, 7) is -0.457. The average Bonchev–Trinajstić information content (AvgIpc) is 2.62. The minimum absolute atomic E-state index is 0.0694. The first-order chi connectivity index (χ1) is 12.1. The summed E-state index contributed by atoms with van der Waals surface area (Å²) in [5.74, 6) is -1.89. The van der Waals surface area contributed by atoms with Gasteiger partial charge in [0.15, 0.2) is 5.69 Å². The molecule has 0 aliphatic carbocycles. The van der Waals surface area contributed by atoms with Crippen molar-refractivity contribution in [3.05, 3.63) is 76.1 Å². The maximum Gasteiger partial charge on any atom is 0.323 e. The van der Waals surface area contributed by atoms with Crippen molar-refractivity contribution in [2.45, 2.75) is 6.54 Å². The molecule has 0 bridgehead atoms. The zero-order valence-corrected chi connectivity index (χ0v) is 13.2. The summed E-state index contributed by atoms with van der Waals surface area (Å²) >= 11 is 0. The lowest BCUT2D eigenvalue weighted by Crippen LogP contribution is -2.38. The van der Waals surface area contributed by atoms with E-state index in [9.17, 15) is 14.4 Å². The van der Waals surface area contributed by atoms with E-state index in [4.69, 9.17) is 5.11 Å². The summed E-state index contributed by atoms with van der Waals surface area (Å²) in [6, 6.07) is 15.7. The molecule has 7 heteroatoms. The van der Waals surface area contributed by atoms with Crippen molar-refractivity contribution in [3.63, 3.8) is 0 Å². The summed E-state index contributed by atoms with van der Waals surface area (Å²) in [6.07, 6.45) is 0. The number of carboxylic acid groups (broad SMARTS) is 1. The molecule has 0 aliphatic rings. The van der Waals surface area contributed by atoms with E-state index < -0.39 is 23.9 Å². The maximum atomic E-state index is 12.7. The average molecular weight is 337 g/mol. The fourth-order valence-corrected chi connectivity index (χ4v) is 2.53. The minimum atomic E-state index is -1.17. The van der Waals surface area contributed by atoms with Crippen molar-refractivity contribution >= 4 is 22.8 Å². The smallest absolute Gasteiger partial charge is 0.323 e. The largest absolute Gasteiger partial charge is 0.480 e. The van der Waals surface area contributed by atoms with E-state index in [2.05, 4.69) is 10.2 Å². The number of para-hydroxylation sites is 1. The highest BCUT2D eigenvalue weighted by Crippen LogP contribution is 2.10. The first-order valence-electron chi connectivity index (χ1n) is 7.58. The number of H-pyrrole nitrogens is 1. The van der Waals surface area contributed by atoms with Crippen LogP contribution < -0.4 is 5.43 Å². The van der Waals surface area contributed by atoms with Gasteiger partial charge in [0.25, 0.3) is 5.91 Å². The molecule has 0 saturated carbocycles. The lowest BCUT2D eigenvalue weighted by molar-refractivity contribution is -0.137. The van der Waals surface area contributed by atoms with Crippen LogP contribution in [0.4, 0.5) is 0 Å². The van der Waals surface area contributed by atoms with E-state index in [0.29, 0.717) is 10.9 Å². The highest BCUT2D eigenvalue weighted by Gasteiger charge is 2.23. The molecule has 0 unspecified atom stereocenters. The highest BCUT2D eigenvalue weighted by molar-refractivity contribution is 5.96. The van der Waals surface area contributed by atoms with Crippen LogP contribution in [-0.4, -0.2) is 38.6 Å². The number of carbonyl (C=O) groups excluding carboxylic acids is 1. The van der Waals surface area contributed by atoms with Crippen molar-refractivity contribution < 1.29 is 14.7 Å². The molecule has 0 spiro atoms. The van der Waals surface area contributed by atoms with Gasteiger partial charge in [0.2, 0.25) is 5.43 Å². The van der Waals surface area contributed by atoms with Crippen LogP contribution in [0.15, 0.2) is 59.4 Å². The SMILES string of the molecule is O=C(O)CN(Cc1ccccc1)C(=O)c1n[nH]c2ccccc2c1=O. The highest BCUT2D eigenvalue weighted by atomic mass is 16.4. The van der Waals surface area contributed by atoms with Gasteiger partial charge in [-0.2, -0.15) is 5.10 Å². The number of benzene rings is 2. The molecule has 25 heavy (non-hydrogen) atoms. The molecule has 0 aliphatic heterocycles. The second-order valence-electron chi connectivity index (χ2n) is 5.49. The Bertz CT molecular complexity index is 982. The number of aromatic amines is 1. The lowest BCUT2D eigenvalue weighted by Gasteiger charge is -2.20. The van der Waals surface area contributed by atoms with Gasteiger partial charge in [0.1, 0.15) is 6.54 Å². The Labute approximate surface area is 142 Å². The van der Waals surface area contributed by atoms with Crippen molar-refractivity contribution in [1.29, 1.82) is 0 Å². The number of nitrogens with zero attached hydrogens (tertiary/aromatic N) is 2. The standard InChI is InChI=1S/C18H15N3O4/c22-15(23)11-21(10-12-6-2-1-3-7-12)18(25)16-17(24)13-8-4-5-9-14(13)19-20-16/h1-9H,10-11H2,(H,19,24)(H,22,23). The van der Waals surface area contributed by atoms with Crippen LogP contribution >= 0.6 is 0 Å². The van der Waals surface area contributed by atoms with Gasteiger partial charge in [0, 0.05) is 11.9 Å². The number of hydrogen-bond acceptors (Lipinski definition) is 4. The van der Waals surface area contributed by atoms with E-state index in [1.807, 2.05) is 6.07 Å². The zero-order chi connectivity index (χ0) is 17.8. The molecule has 1 heterocycles. The Morgan fingerprint density at radius 3 is 2.44 bits per heavy atom. The molecule has 0 fully saturated rings. The van der Waals surface area contributed by atoms with Crippen molar-refractivity contribution in [1.82, 2.24) is 15.1 Å². The first-order valence-corrected chi connectivity index (χ1v) is 7.58. The quantitative estimate of drug-likeness (QED) is 0.737. The third-order valence-electron chi connectivity index (χ3n) is 3.71. The molecule has 3 aromatic rings. The Morgan fingerprint density at radius 1 is 1.04 bits per heavy atom. The lowest BCUT2D eigenvalue weighted by atomic mass is 10.1. The van der Waals surface area contributed by atoms with E-state index in [1.165, 1.54) is 0 Å². The molecule has 1 aromatic heterocycles. The number of hydrogen-bond donors (Lipinski definition) is 2. The number of aliphatic carboxylic acids is 1. The van der Waals surface area contributed by atoms with Gasteiger partial charge in [-0.25, -0.2) is 0 Å². The summed E-state index contributed by atoms with van der Waals surface area (Å²) < 4.78 is 0. The molecule has 2 N–H and O–H groups in total. The number of fused-ring (bicyclic) bond motifs is 1. The zero-order valence-electron chi connectivity index (χ0n) is 13.2. The predicted molar refractivity (Wildman–Crippen MR) is 91.2 cm³/mol. The third kappa shape index (κ3) is 3.55. The first kappa shape index (κ1) is 16.4. The molecule has 0 radical (unpaired) electrons. The topological polar surface area (TPSA) is 103 Å². The molecular weight excluding hydrogens is 322 g/mol. The molecule has 7 nitrogen and oxygen atoms in total. The van der Waals surface area contributed by atoms with Gasteiger partial charge < -0.3 is 10.0 Å². The van der Waals surface area contributed by atoms with Gasteiger partial charge in [-0.1, -0.05) is 42.5 Å². The third-order valence-corrected chi connectivity index (χ3v) is 3.71. The van der Waals surface area contributed by atoms with Crippen LogP contribution in [-0.2, 0) is 11.3 Å². The van der Waals surface area contributed by atoms with Gasteiger partial charge >= 0.3 is 5.97 Å². The molecule has 3 rings (SSSR count). The van der Waals surface area contributed by atoms with Gasteiger partial charge in [-0.15, -0.1) is 0 Å². The number of rotatable bonds is 5. The Balaban J connectivity index is 1.98. The number of nitrogens with one attached hydrogen (secondary N) is 1. The number of aromatic nitrogens is 2. The molecular formula is C18H15N3O4. The summed E-state index contributed by atoms with van der Waals surface area (Å²) in [5, 5.41) is 16.0. The normalized spacial score (nSPS) is 10.6. The van der Waals surface area contributed by atoms with Gasteiger partial charge in [0.05, 0.1) is 5.52 Å². The van der Waals surface area contributed by atoms with Crippen LogP contribution in [0.3, 0.4) is 0 Å². The van der Waals surface area contributed by atoms with E-state index >= 15 is 0 Å². The van der Waals surface area contributed by atoms with E-state index in [0.717, 1.165) is 10.5 Å². The second kappa shape index (κ2) is 6.96. The van der Waals surface area contributed by atoms with Crippen LogP contribution in [0.5, 0.6) is 0 Å². The monoisotopic (exact) mass is 337 g/mol. The van der Waals surface area contributed by atoms with Crippen LogP contribution in [0.2, 0.25) is 0 Å². The van der Waals surface area contributed by atoms with Crippen LogP contribution in [0.25, 0.3) is 10.9 Å². The summed E-state index contributed by atoms with van der Waals surface area (Å²) in [4.78, 5) is 37.5. The Kier molecular flexibility index (Phi) is 4.56. The van der Waals surface area contributed by atoms with Gasteiger partial charge in [-0.05, 0) is 17.7 Å². The van der Waals surface area contributed by atoms with Crippen molar-refractivity contribution in [2.75, 3.05) is 6.54 Å². The van der Waals surface area contributed by atoms with Crippen LogP contribution in [0, 0.1) is 0 Å². The second-order valence-corrected chi connectivity index (χ2v) is 5.49. The van der Waals surface area contributed by atoms with Crippen molar-refractivity contribution in [3.8, 4) is 0 Å². The number of carboxylic acids is 1. The van der Waals surface area contributed by atoms with Gasteiger partial charge in [-0.3, -0.25) is 19.5 Å². The van der Waals surface area contributed by atoms with E-state index in [-0.39, 0.29) is 12.2 Å². The number of carbonyl (C=O) groups is 2. The van der Waals surface area contributed by atoms with Crippen LogP contribution in [0.1, 0.15) is 16.1 Å². The summed E-state index contributed by atoms with van der Waals surface area (Å²) in [7, 11) is 0. The molecule has 2 aromatic carbocycles. The molecule has 1 amide bonds. The maximum absolute atomic E-state index is 12.7. The van der Waals surface area contributed by atoms with E-state index in [1.54, 1.807) is 48.5 Å². The summed E-state index contributed by atoms with van der Waals surface area (Å²) in [5.41, 5.74) is 0.421.